The first-order valence-corrected chi connectivity index (χ1v) is 18.4. The fourth-order valence-corrected chi connectivity index (χ4v) is 7.12. The normalized spacial score (nSPS) is 12.8. The molecule has 2 amide bonds. The van der Waals surface area contributed by atoms with Gasteiger partial charge in [0, 0.05) is 0 Å². The monoisotopic (exact) mass is 716 g/mol. The van der Waals surface area contributed by atoms with Gasteiger partial charge in [0.05, 0.1) is 12.1 Å². The molecule has 4 N–H and O–H groups in total. The lowest BCUT2D eigenvalue weighted by Crippen LogP contribution is -2.59. The van der Waals surface area contributed by atoms with Crippen molar-refractivity contribution in [1.29, 1.82) is 0 Å². The number of nitrogens with one attached hydrogen (secondary N) is 2. The van der Waals surface area contributed by atoms with Gasteiger partial charge in [0.25, 0.3) is 0 Å². The van der Waals surface area contributed by atoms with Gasteiger partial charge in [-0.2, -0.15) is 0 Å². The van der Waals surface area contributed by atoms with Crippen LogP contribution in [0.4, 0.5) is 0 Å². The molecule has 0 aliphatic heterocycles. The molecule has 0 unspecified atom stereocenters. The van der Waals surface area contributed by atoms with Crippen LogP contribution in [0.15, 0.2) is 158 Å². The maximum atomic E-state index is 14.3. The molecule has 0 saturated carbocycles. The zero-order chi connectivity index (χ0) is 38.3. The van der Waals surface area contributed by atoms with E-state index in [1.165, 1.54) is 0 Å². The number of amides is 2. The second-order valence-electron chi connectivity index (χ2n) is 14.4. The van der Waals surface area contributed by atoms with E-state index in [1.54, 1.807) is 0 Å². The number of aliphatic hydroxyl groups is 2. The van der Waals surface area contributed by atoms with Crippen LogP contribution in [0.3, 0.4) is 0 Å². The number of carbonyl (C=O) groups excluding carboxylic acids is 2. The number of benzene rings is 6. The van der Waals surface area contributed by atoms with Gasteiger partial charge in [0.2, 0.25) is 0 Å². The standard InChI is InChI=1S/C48H48N2O4/c1-33-15-23-39(24-16-33)47(53,40-25-17-34(2)18-26-40)43(31-37-11-7-5-8-12-37)49-45(51)46(52)50-44(32-38-13-9-6-10-14-38)48(54,41-27-19-35(3)20-28-41)42-29-21-36(4)22-30-42/h5-30,43-44,53-54H,31-32H2,1-4H3,(H,49,51)(H,50,52)/t43-,44-/m1/s1. The lowest BCUT2D eigenvalue weighted by atomic mass is 9.77. The van der Waals surface area contributed by atoms with E-state index in [4.69, 9.17) is 0 Å². The number of carbonyl (C=O) groups is 2. The average molecular weight is 717 g/mol. The zero-order valence-electron chi connectivity index (χ0n) is 31.3. The van der Waals surface area contributed by atoms with E-state index < -0.39 is 35.1 Å². The number of rotatable bonds is 12. The van der Waals surface area contributed by atoms with Crippen molar-refractivity contribution in [2.75, 3.05) is 0 Å². The van der Waals surface area contributed by atoms with Crippen molar-refractivity contribution in [1.82, 2.24) is 10.6 Å². The molecule has 0 heterocycles. The van der Waals surface area contributed by atoms with Crippen molar-refractivity contribution in [2.45, 2.75) is 63.8 Å². The van der Waals surface area contributed by atoms with Crippen molar-refractivity contribution >= 4 is 11.8 Å². The number of aryl methyl sites for hydroxylation is 4. The van der Waals surface area contributed by atoms with E-state index in [2.05, 4.69) is 10.6 Å². The Kier molecular flexibility index (Phi) is 11.6. The summed E-state index contributed by atoms with van der Waals surface area (Å²) >= 11 is 0. The zero-order valence-corrected chi connectivity index (χ0v) is 31.3. The molecule has 6 aromatic rings. The van der Waals surface area contributed by atoms with Gasteiger partial charge in [0.1, 0.15) is 11.2 Å². The Morgan fingerprint density at radius 2 is 0.667 bits per heavy atom. The van der Waals surface area contributed by atoms with E-state index >= 15 is 0 Å². The van der Waals surface area contributed by atoms with Crippen molar-refractivity contribution in [3.05, 3.63) is 213 Å². The van der Waals surface area contributed by atoms with Crippen molar-refractivity contribution in [3.63, 3.8) is 0 Å². The first kappa shape index (κ1) is 37.9. The molecule has 0 aliphatic carbocycles. The lowest BCUT2D eigenvalue weighted by Gasteiger charge is -2.39. The smallest absolute Gasteiger partial charge is 0.309 e. The minimum absolute atomic E-state index is 0.224. The van der Waals surface area contributed by atoms with Crippen LogP contribution in [0.5, 0.6) is 0 Å². The summed E-state index contributed by atoms with van der Waals surface area (Å²) in [5, 5.41) is 31.8. The van der Waals surface area contributed by atoms with E-state index in [0.717, 1.165) is 33.4 Å². The Bertz CT molecular complexity index is 1900. The van der Waals surface area contributed by atoms with E-state index in [0.29, 0.717) is 22.3 Å². The molecular formula is C48H48N2O4. The quantitative estimate of drug-likeness (QED) is 0.0984. The third-order valence-corrected chi connectivity index (χ3v) is 10.4. The Labute approximate surface area is 318 Å². The Morgan fingerprint density at radius 1 is 0.426 bits per heavy atom. The van der Waals surface area contributed by atoms with Gasteiger partial charge in [-0.25, -0.2) is 0 Å². The summed E-state index contributed by atoms with van der Waals surface area (Å²) in [7, 11) is 0. The maximum Gasteiger partial charge on any atom is 0.309 e. The van der Waals surface area contributed by atoms with Gasteiger partial charge in [-0.05, 0) is 73.9 Å². The molecule has 6 aromatic carbocycles. The van der Waals surface area contributed by atoms with Gasteiger partial charge in [0.15, 0.2) is 0 Å². The van der Waals surface area contributed by atoms with Gasteiger partial charge >= 0.3 is 11.8 Å². The second kappa shape index (κ2) is 16.5. The summed E-state index contributed by atoms with van der Waals surface area (Å²) in [5.74, 6) is -1.86. The molecule has 2 atom stereocenters. The Morgan fingerprint density at radius 3 is 0.907 bits per heavy atom. The van der Waals surface area contributed by atoms with Gasteiger partial charge < -0.3 is 20.8 Å². The summed E-state index contributed by atoms with van der Waals surface area (Å²) in [6.07, 6.45) is 0.449. The van der Waals surface area contributed by atoms with Crippen molar-refractivity contribution < 1.29 is 19.8 Å². The number of hydrogen-bond donors (Lipinski definition) is 4. The van der Waals surface area contributed by atoms with E-state index in [9.17, 15) is 19.8 Å². The molecule has 0 bridgehead atoms. The van der Waals surface area contributed by atoms with Crippen LogP contribution in [-0.2, 0) is 33.6 Å². The van der Waals surface area contributed by atoms with Crippen LogP contribution in [0, 0.1) is 27.7 Å². The largest absolute Gasteiger partial charge is 0.378 e. The molecule has 6 heteroatoms. The number of hydrogen-bond acceptors (Lipinski definition) is 4. The minimum atomic E-state index is -1.72. The molecule has 274 valence electrons. The fraction of sp³-hybridized carbons (Fsp3) is 0.208. The van der Waals surface area contributed by atoms with Gasteiger partial charge in [-0.3, -0.25) is 9.59 Å². The highest BCUT2D eigenvalue weighted by Crippen LogP contribution is 2.37. The van der Waals surface area contributed by atoms with Crippen molar-refractivity contribution in [3.8, 4) is 0 Å². The molecular weight excluding hydrogens is 669 g/mol. The third kappa shape index (κ3) is 8.36. The summed E-state index contributed by atoms with van der Waals surface area (Å²) in [5.41, 5.74) is 4.69. The summed E-state index contributed by atoms with van der Waals surface area (Å²) in [6.45, 7) is 7.90. The molecule has 6 nitrogen and oxygen atoms in total. The average Bonchev–Trinajstić information content (AvgIpc) is 3.18. The first-order valence-electron chi connectivity index (χ1n) is 18.4. The third-order valence-electron chi connectivity index (χ3n) is 10.4. The molecule has 0 aliphatic rings. The van der Waals surface area contributed by atoms with Gasteiger partial charge in [-0.1, -0.05) is 180 Å². The topological polar surface area (TPSA) is 98.7 Å². The van der Waals surface area contributed by atoms with Crippen LogP contribution < -0.4 is 10.6 Å². The highest BCUT2D eigenvalue weighted by molar-refractivity contribution is 6.35. The molecule has 6 rings (SSSR count). The van der Waals surface area contributed by atoms with E-state index in [-0.39, 0.29) is 12.8 Å². The van der Waals surface area contributed by atoms with Crippen LogP contribution in [0.1, 0.15) is 55.6 Å². The Balaban J connectivity index is 1.41. The lowest BCUT2D eigenvalue weighted by molar-refractivity contribution is -0.142. The van der Waals surface area contributed by atoms with Crippen LogP contribution in [0.25, 0.3) is 0 Å². The van der Waals surface area contributed by atoms with Crippen LogP contribution in [-0.4, -0.2) is 34.1 Å². The maximum absolute atomic E-state index is 14.3. The predicted octanol–water partition coefficient (Wildman–Crippen LogP) is 7.55. The molecule has 0 aromatic heterocycles. The van der Waals surface area contributed by atoms with E-state index in [1.807, 2.05) is 185 Å². The summed E-state index contributed by atoms with van der Waals surface area (Å²) < 4.78 is 0. The SMILES string of the molecule is Cc1ccc(C(O)(c2ccc(C)cc2)[C@@H](Cc2ccccc2)NC(=O)C(=O)N[C@H](Cc2ccccc2)C(O)(c2ccc(C)cc2)c2ccc(C)cc2)cc1. The minimum Gasteiger partial charge on any atom is -0.378 e. The molecule has 0 radical (unpaired) electrons. The van der Waals surface area contributed by atoms with Crippen LogP contribution in [0.2, 0.25) is 0 Å². The highest BCUT2D eigenvalue weighted by Gasteiger charge is 2.45. The summed E-state index contributed by atoms with van der Waals surface area (Å²) in [4.78, 5) is 28.6. The predicted molar refractivity (Wildman–Crippen MR) is 215 cm³/mol. The fourth-order valence-electron chi connectivity index (χ4n) is 7.12. The molecule has 0 fully saturated rings. The highest BCUT2D eigenvalue weighted by atomic mass is 16.3. The Hall–Kier alpha value is -5.82. The molecule has 0 saturated heterocycles. The van der Waals surface area contributed by atoms with Crippen LogP contribution >= 0.6 is 0 Å². The summed E-state index contributed by atoms with van der Waals surface area (Å²) in [6, 6.07) is 47.5. The molecule has 0 spiro atoms. The van der Waals surface area contributed by atoms with Gasteiger partial charge in [-0.15, -0.1) is 0 Å². The second-order valence-corrected chi connectivity index (χ2v) is 14.4. The first-order chi connectivity index (χ1) is 26.0. The molecule has 54 heavy (non-hydrogen) atoms. The van der Waals surface area contributed by atoms with Crippen molar-refractivity contribution in [2.24, 2.45) is 0 Å².